The SMILES string of the molecule is COc1cc(-c2cncc(C)n2)cc(OC)c1OC. The molecule has 2 rings (SSSR count). The monoisotopic (exact) mass is 260 g/mol. The van der Waals surface area contributed by atoms with Crippen molar-refractivity contribution in [2.24, 2.45) is 0 Å². The molecule has 1 heterocycles. The van der Waals surface area contributed by atoms with Crippen LogP contribution in [0.5, 0.6) is 17.2 Å². The number of aromatic nitrogens is 2. The second kappa shape index (κ2) is 5.56. The summed E-state index contributed by atoms with van der Waals surface area (Å²) in [7, 11) is 4.75. The first-order valence-corrected chi connectivity index (χ1v) is 5.78. The molecule has 0 radical (unpaired) electrons. The van der Waals surface area contributed by atoms with Crippen molar-refractivity contribution in [1.29, 1.82) is 0 Å². The van der Waals surface area contributed by atoms with Gasteiger partial charge in [0.2, 0.25) is 5.75 Å². The summed E-state index contributed by atoms with van der Waals surface area (Å²) >= 11 is 0. The quantitative estimate of drug-likeness (QED) is 0.845. The first-order valence-electron chi connectivity index (χ1n) is 5.78. The number of nitrogens with zero attached hydrogens (tertiary/aromatic N) is 2. The summed E-state index contributed by atoms with van der Waals surface area (Å²) in [6.45, 7) is 1.90. The van der Waals surface area contributed by atoms with Crippen molar-refractivity contribution in [2.75, 3.05) is 21.3 Å². The zero-order valence-corrected chi connectivity index (χ0v) is 11.4. The lowest BCUT2D eigenvalue weighted by atomic mass is 10.1. The zero-order chi connectivity index (χ0) is 13.8. The van der Waals surface area contributed by atoms with Gasteiger partial charge in [0.1, 0.15) is 0 Å². The van der Waals surface area contributed by atoms with E-state index in [4.69, 9.17) is 14.2 Å². The maximum absolute atomic E-state index is 5.32. The first kappa shape index (κ1) is 13.1. The molecule has 19 heavy (non-hydrogen) atoms. The van der Waals surface area contributed by atoms with E-state index in [1.807, 2.05) is 19.1 Å². The molecule has 1 aromatic heterocycles. The summed E-state index contributed by atoms with van der Waals surface area (Å²) in [5, 5.41) is 0. The molecule has 1 aromatic carbocycles. The Bertz CT molecular complexity index is 560. The second-order valence-electron chi connectivity index (χ2n) is 3.96. The van der Waals surface area contributed by atoms with Crippen molar-refractivity contribution in [3.63, 3.8) is 0 Å². The molecule has 0 aliphatic rings. The highest BCUT2D eigenvalue weighted by Crippen LogP contribution is 2.40. The molecule has 0 saturated carbocycles. The molecule has 5 heteroatoms. The lowest BCUT2D eigenvalue weighted by Gasteiger charge is -2.13. The molecule has 0 aliphatic carbocycles. The molecular weight excluding hydrogens is 244 g/mol. The van der Waals surface area contributed by atoms with Gasteiger partial charge in [0, 0.05) is 11.8 Å². The van der Waals surface area contributed by atoms with Crippen LogP contribution in [0.25, 0.3) is 11.3 Å². The van der Waals surface area contributed by atoms with Gasteiger partial charge in [-0.25, -0.2) is 4.98 Å². The van der Waals surface area contributed by atoms with E-state index in [1.54, 1.807) is 33.7 Å². The maximum Gasteiger partial charge on any atom is 0.203 e. The van der Waals surface area contributed by atoms with E-state index in [1.165, 1.54) is 0 Å². The summed E-state index contributed by atoms with van der Waals surface area (Å²) in [5.41, 5.74) is 2.48. The van der Waals surface area contributed by atoms with Crippen LogP contribution in [0.15, 0.2) is 24.5 Å². The molecule has 0 N–H and O–H groups in total. The van der Waals surface area contributed by atoms with Gasteiger partial charge in [0.25, 0.3) is 0 Å². The minimum absolute atomic E-state index is 0.564. The Morgan fingerprint density at radius 2 is 1.53 bits per heavy atom. The molecule has 0 unspecified atom stereocenters. The molecule has 100 valence electrons. The largest absolute Gasteiger partial charge is 0.493 e. The Morgan fingerprint density at radius 3 is 2.00 bits per heavy atom. The van der Waals surface area contributed by atoms with Crippen LogP contribution < -0.4 is 14.2 Å². The zero-order valence-electron chi connectivity index (χ0n) is 11.4. The standard InChI is InChI=1S/C14H16N2O3/c1-9-7-15-8-11(16-9)10-5-12(17-2)14(19-4)13(6-10)18-3/h5-8H,1-4H3. The fourth-order valence-corrected chi connectivity index (χ4v) is 1.83. The fourth-order valence-electron chi connectivity index (χ4n) is 1.83. The average Bonchev–Trinajstić information content (AvgIpc) is 2.45. The number of benzene rings is 1. The van der Waals surface area contributed by atoms with Crippen LogP contribution >= 0.6 is 0 Å². The lowest BCUT2D eigenvalue weighted by Crippen LogP contribution is -1.97. The minimum atomic E-state index is 0.564. The summed E-state index contributed by atoms with van der Waals surface area (Å²) in [6.07, 6.45) is 3.41. The smallest absolute Gasteiger partial charge is 0.203 e. The van der Waals surface area contributed by atoms with Crippen molar-refractivity contribution >= 4 is 0 Å². The summed E-state index contributed by atoms with van der Waals surface area (Å²) in [6, 6.07) is 3.70. The Kier molecular flexibility index (Phi) is 3.85. The summed E-state index contributed by atoms with van der Waals surface area (Å²) in [5.74, 6) is 1.76. The number of hydrogen-bond acceptors (Lipinski definition) is 5. The predicted molar refractivity (Wildman–Crippen MR) is 71.9 cm³/mol. The predicted octanol–water partition coefficient (Wildman–Crippen LogP) is 2.48. The summed E-state index contributed by atoms with van der Waals surface area (Å²) in [4.78, 5) is 8.57. The molecule has 0 spiro atoms. The van der Waals surface area contributed by atoms with Crippen LogP contribution in [0.3, 0.4) is 0 Å². The van der Waals surface area contributed by atoms with Crippen LogP contribution in [0.1, 0.15) is 5.69 Å². The van der Waals surface area contributed by atoms with Crippen LogP contribution in [0.4, 0.5) is 0 Å². The summed E-state index contributed by atoms with van der Waals surface area (Å²) < 4.78 is 15.9. The Balaban J connectivity index is 2.59. The third kappa shape index (κ3) is 2.59. The van der Waals surface area contributed by atoms with E-state index in [0.717, 1.165) is 17.0 Å². The highest BCUT2D eigenvalue weighted by molar-refractivity contribution is 5.68. The fraction of sp³-hybridized carbons (Fsp3) is 0.286. The number of aryl methyl sites for hydroxylation is 1. The molecule has 5 nitrogen and oxygen atoms in total. The van der Waals surface area contributed by atoms with Crippen LogP contribution in [-0.2, 0) is 0 Å². The minimum Gasteiger partial charge on any atom is -0.493 e. The van der Waals surface area contributed by atoms with Crippen molar-refractivity contribution in [3.05, 3.63) is 30.2 Å². The van der Waals surface area contributed by atoms with E-state index >= 15 is 0 Å². The topological polar surface area (TPSA) is 53.5 Å². The van der Waals surface area contributed by atoms with Gasteiger partial charge < -0.3 is 14.2 Å². The number of rotatable bonds is 4. The highest BCUT2D eigenvalue weighted by atomic mass is 16.5. The van der Waals surface area contributed by atoms with E-state index in [0.29, 0.717) is 17.2 Å². The molecule has 0 bridgehead atoms. The van der Waals surface area contributed by atoms with Crippen molar-refractivity contribution < 1.29 is 14.2 Å². The van der Waals surface area contributed by atoms with Crippen molar-refractivity contribution in [3.8, 4) is 28.5 Å². The average molecular weight is 260 g/mol. The van der Waals surface area contributed by atoms with E-state index in [-0.39, 0.29) is 0 Å². The molecule has 0 aliphatic heterocycles. The van der Waals surface area contributed by atoms with Crippen LogP contribution in [0, 0.1) is 6.92 Å². The van der Waals surface area contributed by atoms with E-state index < -0.39 is 0 Å². The van der Waals surface area contributed by atoms with E-state index in [2.05, 4.69) is 9.97 Å². The molecular formula is C14H16N2O3. The molecule has 0 fully saturated rings. The van der Waals surface area contributed by atoms with Gasteiger partial charge in [-0.05, 0) is 19.1 Å². The van der Waals surface area contributed by atoms with Gasteiger partial charge >= 0.3 is 0 Å². The van der Waals surface area contributed by atoms with Gasteiger partial charge in [-0.2, -0.15) is 0 Å². The number of ether oxygens (including phenoxy) is 3. The van der Waals surface area contributed by atoms with Gasteiger partial charge in [-0.3, -0.25) is 4.98 Å². The number of hydrogen-bond donors (Lipinski definition) is 0. The molecule has 0 saturated heterocycles. The van der Waals surface area contributed by atoms with Crippen molar-refractivity contribution in [2.45, 2.75) is 6.92 Å². The molecule has 2 aromatic rings. The Labute approximate surface area is 112 Å². The maximum atomic E-state index is 5.32. The van der Waals surface area contributed by atoms with Gasteiger partial charge in [-0.15, -0.1) is 0 Å². The second-order valence-corrected chi connectivity index (χ2v) is 3.96. The first-order chi connectivity index (χ1) is 9.19. The van der Waals surface area contributed by atoms with Crippen LogP contribution in [0.2, 0.25) is 0 Å². The third-order valence-corrected chi connectivity index (χ3v) is 2.72. The molecule has 0 atom stereocenters. The van der Waals surface area contributed by atoms with Gasteiger partial charge in [0.05, 0.1) is 38.9 Å². The van der Waals surface area contributed by atoms with Gasteiger partial charge in [0.15, 0.2) is 11.5 Å². The normalized spacial score (nSPS) is 10.1. The van der Waals surface area contributed by atoms with E-state index in [9.17, 15) is 0 Å². The van der Waals surface area contributed by atoms with Crippen LogP contribution in [-0.4, -0.2) is 31.3 Å². The highest BCUT2D eigenvalue weighted by Gasteiger charge is 2.14. The van der Waals surface area contributed by atoms with Crippen molar-refractivity contribution in [1.82, 2.24) is 9.97 Å². The lowest BCUT2D eigenvalue weighted by molar-refractivity contribution is 0.324. The Hall–Kier alpha value is -2.30. The van der Waals surface area contributed by atoms with Gasteiger partial charge in [-0.1, -0.05) is 0 Å². The number of methoxy groups -OCH3 is 3. The third-order valence-electron chi connectivity index (χ3n) is 2.72. The molecule has 0 amide bonds. The Morgan fingerprint density at radius 1 is 0.895 bits per heavy atom.